The van der Waals surface area contributed by atoms with Gasteiger partial charge in [0.1, 0.15) is 30.3 Å². The van der Waals surface area contributed by atoms with Gasteiger partial charge in [-0.1, -0.05) is 49.2 Å². The molecule has 1 aliphatic carbocycles. The lowest BCUT2D eigenvalue weighted by Crippen LogP contribution is -2.47. The standard InChI is InChI=1S/C29H34N8O4/c1-3-40-25-12-8-7-11-21(25)30-27(38)17-37-24(16-23(34-37)28-32-35-36-33-28)29(39)31-22-15-19(2)13-14-26(22)41-18-20-9-5-4-6-10-20/h4-6,9-10,13-16,21,25H,3,7-8,11-12,17-18H2,1-2H3,(H,30,38)(H,31,39)(H,32,33,35,36)/t21-,25-/m0/s1. The second-order valence-electron chi connectivity index (χ2n) is 10.0. The van der Waals surface area contributed by atoms with Crippen molar-refractivity contribution >= 4 is 17.5 Å². The van der Waals surface area contributed by atoms with Crippen molar-refractivity contribution in [2.45, 2.75) is 64.8 Å². The molecule has 0 unspecified atom stereocenters. The van der Waals surface area contributed by atoms with Crippen molar-refractivity contribution in [2.75, 3.05) is 11.9 Å². The van der Waals surface area contributed by atoms with Gasteiger partial charge < -0.3 is 20.1 Å². The van der Waals surface area contributed by atoms with E-state index in [2.05, 4.69) is 36.4 Å². The van der Waals surface area contributed by atoms with Crippen molar-refractivity contribution in [2.24, 2.45) is 0 Å². The number of carbonyl (C=O) groups is 2. The van der Waals surface area contributed by atoms with E-state index in [1.54, 1.807) is 6.07 Å². The molecule has 0 saturated heterocycles. The van der Waals surface area contributed by atoms with Gasteiger partial charge in [-0.25, -0.2) is 9.78 Å². The molecule has 1 aliphatic rings. The van der Waals surface area contributed by atoms with Crippen molar-refractivity contribution in [1.82, 2.24) is 35.7 Å². The van der Waals surface area contributed by atoms with Gasteiger partial charge in [-0.15, -0.1) is 5.10 Å². The number of benzene rings is 2. The second kappa shape index (κ2) is 13.2. The van der Waals surface area contributed by atoms with E-state index in [-0.39, 0.29) is 36.1 Å². The number of aromatic nitrogens is 6. The van der Waals surface area contributed by atoms with Gasteiger partial charge in [0.2, 0.25) is 5.91 Å². The number of tetrazole rings is 1. The molecule has 1 fully saturated rings. The van der Waals surface area contributed by atoms with E-state index in [1.165, 1.54) is 4.68 Å². The fourth-order valence-electron chi connectivity index (χ4n) is 4.96. The zero-order valence-electron chi connectivity index (χ0n) is 23.2. The number of hydrogen-bond donors (Lipinski definition) is 3. The summed E-state index contributed by atoms with van der Waals surface area (Å²) >= 11 is 0. The van der Waals surface area contributed by atoms with E-state index in [1.807, 2.05) is 62.4 Å². The third-order valence-corrected chi connectivity index (χ3v) is 6.94. The Balaban J connectivity index is 1.35. The van der Waals surface area contributed by atoms with Crippen LogP contribution in [0.2, 0.25) is 0 Å². The Morgan fingerprint density at radius 3 is 2.71 bits per heavy atom. The van der Waals surface area contributed by atoms with Crippen LogP contribution in [0, 0.1) is 6.92 Å². The zero-order chi connectivity index (χ0) is 28.6. The average Bonchev–Trinajstić information content (AvgIpc) is 3.65. The second-order valence-corrected chi connectivity index (χ2v) is 10.0. The van der Waals surface area contributed by atoms with Gasteiger partial charge in [-0.2, -0.15) is 5.10 Å². The van der Waals surface area contributed by atoms with E-state index >= 15 is 0 Å². The van der Waals surface area contributed by atoms with Crippen molar-refractivity contribution in [3.63, 3.8) is 0 Å². The van der Waals surface area contributed by atoms with Crippen LogP contribution in [0.5, 0.6) is 5.75 Å². The van der Waals surface area contributed by atoms with Crippen molar-refractivity contribution in [1.29, 1.82) is 0 Å². The van der Waals surface area contributed by atoms with Gasteiger partial charge in [0.25, 0.3) is 5.91 Å². The normalized spacial score (nSPS) is 16.7. The maximum atomic E-state index is 13.6. The molecular weight excluding hydrogens is 524 g/mol. The smallest absolute Gasteiger partial charge is 0.274 e. The van der Waals surface area contributed by atoms with Gasteiger partial charge in [-0.3, -0.25) is 9.59 Å². The number of aromatic amines is 1. The average molecular weight is 559 g/mol. The van der Waals surface area contributed by atoms with Gasteiger partial charge >= 0.3 is 0 Å². The number of ether oxygens (including phenoxy) is 2. The van der Waals surface area contributed by atoms with Crippen LogP contribution in [0.1, 0.15) is 54.2 Å². The Morgan fingerprint density at radius 2 is 1.93 bits per heavy atom. The molecule has 4 aromatic rings. The van der Waals surface area contributed by atoms with E-state index in [4.69, 9.17) is 9.47 Å². The Labute approximate surface area is 237 Å². The lowest BCUT2D eigenvalue weighted by molar-refractivity contribution is -0.124. The predicted octanol–water partition coefficient (Wildman–Crippen LogP) is 3.67. The first kappa shape index (κ1) is 28.0. The topological polar surface area (TPSA) is 149 Å². The molecule has 2 atom stereocenters. The van der Waals surface area contributed by atoms with Crippen LogP contribution in [0.15, 0.2) is 54.6 Å². The summed E-state index contributed by atoms with van der Waals surface area (Å²) in [6, 6.07) is 16.8. The fraction of sp³-hybridized carbons (Fsp3) is 0.379. The van der Waals surface area contributed by atoms with Gasteiger partial charge in [0.05, 0.1) is 17.8 Å². The molecule has 0 radical (unpaired) electrons. The van der Waals surface area contributed by atoms with Crippen molar-refractivity contribution in [3.05, 3.63) is 71.4 Å². The number of amides is 2. The predicted molar refractivity (Wildman–Crippen MR) is 151 cm³/mol. The summed E-state index contributed by atoms with van der Waals surface area (Å²) in [7, 11) is 0. The van der Waals surface area contributed by atoms with E-state index < -0.39 is 5.91 Å². The quantitative estimate of drug-likeness (QED) is 0.253. The third-order valence-electron chi connectivity index (χ3n) is 6.94. The molecule has 1 saturated carbocycles. The molecule has 2 heterocycles. The molecule has 0 spiro atoms. The number of carbonyl (C=O) groups excluding carboxylic acids is 2. The minimum atomic E-state index is -0.455. The fourth-order valence-corrected chi connectivity index (χ4v) is 4.96. The first-order valence-corrected chi connectivity index (χ1v) is 13.8. The van der Waals surface area contributed by atoms with Crippen LogP contribution in [0.3, 0.4) is 0 Å². The number of nitrogens with one attached hydrogen (secondary N) is 3. The highest BCUT2D eigenvalue weighted by molar-refractivity contribution is 6.04. The van der Waals surface area contributed by atoms with Crippen molar-refractivity contribution < 1.29 is 19.1 Å². The van der Waals surface area contributed by atoms with E-state index in [0.717, 1.165) is 36.8 Å². The maximum Gasteiger partial charge on any atom is 0.274 e. The monoisotopic (exact) mass is 558 g/mol. The van der Waals surface area contributed by atoms with Crippen LogP contribution in [-0.4, -0.2) is 61.0 Å². The van der Waals surface area contributed by atoms with Crippen LogP contribution in [0.25, 0.3) is 11.5 Å². The first-order valence-electron chi connectivity index (χ1n) is 13.8. The Kier molecular flexibility index (Phi) is 8.99. The number of hydrogen-bond acceptors (Lipinski definition) is 8. The van der Waals surface area contributed by atoms with Gasteiger partial charge in [0.15, 0.2) is 5.82 Å². The molecular formula is C29H34N8O4. The number of nitrogens with zero attached hydrogens (tertiary/aromatic N) is 5. The van der Waals surface area contributed by atoms with E-state index in [9.17, 15) is 9.59 Å². The van der Waals surface area contributed by atoms with Crippen molar-refractivity contribution in [3.8, 4) is 17.3 Å². The maximum absolute atomic E-state index is 13.6. The Morgan fingerprint density at radius 1 is 1.10 bits per heavy atom. The molecule has 12 heteroatoms. The van der Waals surface area contributed by atoms with Gasteiger partial charge in [-0.05, 0) is 60.4 Å². The lowest BCUT2D eigenvalue weighted by atomic mass is 9.92. The molecule has 0 bridgehead atoms. The first-order chi connectivity index (χ1) is 20.0. The summed E-state index contributed by atoms with van der Waals surface area (Å²) in [5.74, 6) is 0.0901. The zero-order valence-corrected chi connectivity index (χ0v) is 23.2. The summed E-state index contributed by atoms with van der Waals surface area (Å²) in [5, 5.41) is 24.3. The van der Waals surface area contributed by atoms with E-state index in [0.29, 0.717) is 30.3 Å². The molecule has 2 aromatic heterocycles. The summed E-state index contributed by atoms with van der Waals surface area (Å²) in [4.78, 5) is 26.8. The minimum Gasteiger partial charge on any atom is -0.487 e. The van der Waals surface area contributed by atoms with Crippen LogP contribution < -0.4 is 15.4 Å². The largest absolute Gasteiger partial charge is 0.487 e. The summed E-state index contributed by atoms with van der Waals surface area (Å²) < 4.78 is 13.3. The highest BCUT2D eigenvalue weighted by Gasteiger charge is 2.28. The SMILES string of the molecule is CCO[C@H]1CCCC[C@@H]1NC(=O)Cn1nc(-c2nnn[nH]2)cc1C(=O)Nc1cc(C)ccc1OCc1ccccc1. The lowest BCUT2D eigenvalue weighted by Gasteiger charge is -2.31. The van der Waals surface area contributed by atoms with Crippen LogP contribution >= 0.6 is 0 Å². The number of rotatable bonds is 11. The third kappa shape index (κ3) is 7.14. The molecule has 41 heavy (non-hydrogen) atoms. The molecule has 5 rings (SSSR count). The highest BCUT2D eigenvalue weighted by Crippen LogP contribution is 2.28. The molecule has 2 amide bonds. The molecule has 2 aromatic carbocycles. The Bertz CT molecular complexity index is 1450. The molecule has 3 N–H and O–H groups in total. The number of H-pyrrole nitrogens is 1. The molecule has 0 aliphatic heterocycles. The Hall–Kier alpha value is -4.58. The minimum absolute atomic E-state index is 0.0236. The highest BCUT2D eigenvalue weighted by atomic mass is 16.5. The van der Waals surface area contributed by atoms with Crippen LogP contribution in [-0.2, 0) is 22.7 Å². The summed E-state index contributed by atoms with van der Waals surface area (Å²) in [6.07, 6.45) is 3.83. The van der Waals surface area contributed by atoms with Gasteiger partial charge in [0, 0.05) is 12.7 Å². The summed E-state index contributed by atoms with van der Waals surface area (Å²) in [5.41, 5.74) is 2.97. The van der Waals surface area contributed by atoms with Crippen LogP contribution in [0.4, 0.5) is 5.69 Å². The number of anilines is 1. The molecule has 12 nitrogen and oxygen atoms in total. The summed E-state index contributed by atoms with van der Waals surface area (Å²) in [6.45, 7) is 4.66. The number of aryl methyl sites for hydroxylation is 1. The molecule has 214 valence electrons.